The number of hydrogen-bond acceptors (Lipinski definition) is 2. The van der Waals surface area contributed by atoms with Crippen LogP contribution in [0.5, 0.6) is 5.75 Å². The van der Waals surface area contributed by atoms with Crippen LogP contribution in [0.2, 0.25) is 0 Å². The van der Waals surface area contributed by atoms with Crippen LogP contribution < -0.4 is 4.74 Å². The van der Waals surface area contributed by atoms with Gasteiger partial charge in [-0.1, -0.05) is 38.8 Å². The summed E-state index contributed by atoms with van der Waals surface area (Å²) >= 11 is 0. The van der Waals surface area contributed by atoms with Gasteiger partial charge in [0, 0.05) is 0 Å². The highest BCUT2D eigenvalue weighted by molar-refractivity contribution is 5.37. The van der Waals surface area contributed by atoms with Gasteiger partial charge < -0.3 is 4.74 Å². The van der Waals surface area contributed by atoms with Gasteiger partial charge in [0.1, 0.15) is 5.75 Å². The molecule has 1 fully saturated rings. The van der Waals surface area contributed by atoms with E-state index < -0.39 is 0 Å². The van der Waals surface area contributed by atoms with Crippen molar-refractivity contribution in [3.63, 3.8) is 0 Å². The molecule has 0 N–H and O–H groups in total. The van der Waals surface area contributed by atoms with Gasteiger partial charge in [-0.05, 0) is 55.7 Å². The standard InChI is InChI=1S/C19H27NO/c1-3-5-16-10-12-19(15-20,13-11-16)17-6-8-18(9-7-17)21-14-4-2/h6-9,16H,3-5,10-14H2,1-2H3/t16-,19+. The van der Waals surface area contributed by atoms with Crippen LogP contribution in [0.3, 0.4) is 0 Å². The van der Waals surface area contributed by atoms with Crippen LogP contribution in [-0.4, -0.2) is 6.61 Å². The van der Waals surface area contributed by atoms with Crippen molar-refractivity contribution in [2.75, 3.05) is 6.61 Å². The fraction of sp³-hybridized carbons (Fsp3) is 0.632. The van der Waals surface area contributed by atoms with Crippen molar-refractivity contribution in [3.8, 4) is 11.8 Å². The Bertz CT molecular complexity index is 463. The van der Waals surface area contributed by atoms with Gasteiger partial charge in [-0.3, -0.25) is 0 Å². The lowest BCUT2D eigenvalue weighted by Gasteiger charge is -2.35. The largest absolute Gasteiger partial charge is 0.494 e. The van der Waals surface area contributed by atoms with Gasteiger partial charge in [0.25, 0.3) is 0 Å². The number of rotatable bonds is 6. The van der Waals surface area contributed by atoms with Crippen LogP contribution in [-0.2, 0) is 5.41 Å². The maximum absolute atomic E-state index is 9.74. The maximum atomic E-state index is 9.74. The highest BCUT2D eigenvalue weighted by Crippen LogP contribution is 2.42. The molecule has 0 heterocycles. The molecule has 0 saturated heterocycles. The molecule has 1 aliphatic rings. The Kier molecular flexibility index (Phi) is 5.67. The van der Waals surface area contributed by atoms with E-state index in [2.05, 4.69) is 32.0 Å². The fourth-order valence-corrected chi connectivity index (χ4v) is 3.42. The Morgan fingerprint density at radius 2 is 1.81 bits per heavy atom. The van der Waals surface area contributed by atoms with Crippen LogP contribution in [0, 0.1) is 17.2 Å². The van der Waals surface area contributed by atoms with E-state index in [-0.39, 0.29) is 5.41 Å². The first kappa shape index (κ1) is 15.9. The first-order valence-electron chi connectivity index (χ1n) is 8.38. The molecule has 1 aliphatic carbocycles. The van der Waals surface area contributed by atoms with E-state index in [1.54, 1.807) is 0 Å². The molecule has 1 saturated carbocycles. The SMILES string of the molecule is CCCOc1ccc([C@]2(C#N)CC[C@H](CCC)CC2)cc1. The third-order valence-corrected chi connectivity index (χ3v) is 4.75. The van der Waals surface area contributed by atoms with Crippen molar-refractivity contribution >= 4 is 0 Å². The summed E-state index contributed by atoms with van der Waals surface area (Å²) < 4.78 is 5.63. The Balaban J connectivity index is 2.06. The molecule has 0 bridgehead atoms. The molecule has 2 nitrogen and oxygen atoms in total. The third kappa shape index (κ3) is 3.79. The Morgan fingerprint density at radius 3 is 2.33 bits per heavy atom. The quantitative estimate of drug-likeness (QED) is 0.717. The average Bonchev–Trinajstić information content (AvgIpc) is 2.55. The van der Waals surface area contributed by atoms with Crippen molar-refractivity contribution < 1.29 is 4.74 Å². The van der Waals surface area contributed by atoms with Gasteiger partial charge in [0.2, 0.25) is 0 Å². The highest BCUT2D eigenvalue weighted by atomic mass is 16.5. The summed E-state index contributed by atoms with van der Waals surface area (Å²) in [5, 5.41) is 9.74. The summed E-state index contributed by atoms with van der Waals surface area (Å²) in [6.07, 6.45) is 7.97. The van der Waals surface area contributed by atoms with Crippen molar-refractivity contribution in [1.82, 2.24) is 0 Å². The molecule has 0 amide bonds. The third-order valence-electron chi connectivity index (χ3n) is 4.75. The molecule has 114 valence electrons. The second-order valence-electron chi connectivity index (χ2n) is 6.30. The Labute approximate surface area is 129 Å². The monoisotopic (exact) mass is 285 g/mol. The van der Waals surface area contributed by atoms with Gasteiger partial charge >= 0.3 is 0 Å². The molecule has 2 rings (SSSR count). The zero-order valence-electron chi connectivity index (χ0n) is 13.4. The smallest absolute Gasteiger partial charge is 0.119 e. The van der Waals surface area contributed by atoms with Crippen LogP contribution >= 0.6 is 0 Å². The van der Waals surface area contributed by atoms with Gasteiger partial charge in [-0.25, -0.2) is 0 Å². The summed E-state index contributed by atoms with van der Waals surface area (Å²) in [7, 11) is 0. The highest BCUT2D eigenvalue weighted by Gasteiger charge is 2.36. The van der Waals surface area contributed by atoms with E-state index in [4.69, 9.17) is 4.74 Å². The van der Waals surface area contributed by atoms with Crippen LogP contribution in [0.15, 0.2) is 24.3 Å². The van der Waals surface area contributed by atoms with Crippen molar-refractivity contribution in [2.24, 2.45) is 5.92 Å². The number of ether oxygens (including phenoxy) is 1. The van der Waals surface area contributed by atoms with Gasteiger partial charge in [-0.2, -0.15) is 5.26 Å². The second kappa shape index (κ2) is 7.50. The van der Waals surface area contributed by atoms with Crippen LogP contribution in [0.1, 0.15) is 64.4 Å². The summed E-state index contributed by atoms with van der Waals surface area (Å²) in [5.41, 5.74) is 0.900. The lowest BCUT2D eigenvalue weighted by Crippen LogP contribution is -2.30. The van der Waals surface area contributed by atoms with E-state index in [9.17, 15) is 5.26 Å². The first-order chi connectivity index (χ1) is 10.2. The summed E-state index contributed by atoms with van der Waals surface area (Å²) in [6, 6.07) is 10.8. The summed E-state index contributed by atoms with van der Waals surface area (Å²) in [6.45, 7) is 5.11. The topological polar surface area (TPSA) is 33.0 Å². The average molecular weight is 285 g/mol. The molecule has 0 aliphatic heterocycles. The molecule has 1 aromatic rings. The molecule has 2 heteroatoms. The molecule has 0 unspecified atom stereocenters. The van der Waals surface area contributed by atoms with Gasteiger partial charge in [0.05, 0.1) is 18.1 Å². The van der Waals surface area contributed by atoms with E-state index in [0.29, 0.717) is 0 Å². The fourth-order valence-electron chi connectivity index (χ4n) is 3.42. The van der Waals surface area contributed by atoms with E-state index in [1.807, 2.05) is 12.1 Å². The number of nitriles is 1. The molecule has 1 aromatic carbocycles. The van der Waals surface area contributed by atoms with E-state index >= 15 is 0 Å². The minimum absolute atomic E-state index is 0.270. The molecular weight excluding hydrogens is 258 g/mol. The molecule has 0 atom stereocenters. The molecule has 0 radical (unpaired) electrons. The van der Waals surface area contributed by atoms with Gasteiger partial charge in [-0.15, -0.1) is 0 Å². The number of nitrogens with zero attached hydrogens (tertiary/aromatic N) is 1. The predicted molar refractivity (Wildman–Crippen MR) is 86.4 cm³/mol. The zero-order valence-corrected chi connectivity index (χ0v) is 13.4. The lowest BCUT2D eigenvalue weighted by atomic mass is 9.67. The van der Waals surface area contributed by atoms with Crippen LogP contribution in [0.25, 0.3) is 0 Å². The van der Waals surface area contributed by atoms with Gasteiger partial charge in [0.15, 0.2) is 0 Å². The summed E-state index contributed by atoms with van der Waals surface area (Å²) in [4.78, 5) is 0. The minimum Gasteiger partial charge on any atom is -0.494 e. The normalized spacial score (nSPS) is 25.3. The zero-order chi connectivity index (χ0) is 15.1. The molecular formula is C19H27NO. The maximum Gasteiger partial charge on any atom is 0.119 e. The number of benzene rings is 1. The molecule has 0 aromatic heterocycles. The van der Waals surface area contributed by atoms with Crippen LogP contribution in [0.4, 0.5) is 0 Å². The first-order valence-corrected chi connectivity index (χ1v) is 8.38. The number of hydrogen-bond donors (Lipinski definition) is 0. The second-order valence-corrected chi connectivity index (χ2v) is 6.30. The Morgan fingerprint density at radius 1 is 1.14 bits per heavy atom. The Hall–Kier alpha value is -1.49. The van der Waals surface area contributed by atoms with E-state index in [1.165, 1.54) is 31.2 Å². The minimum atomic E-state index is -0.270. The lowest BCUT2D eigenvalue weighted by molar-refractivity contribution is 0.265. The molecule has 21 heavy (non-hydrogen) atoms. The van der Waals surface area contributed by atoms with Crippen molar-refractivity contribution in [1.29, 1.82) is 5.26 Å². The van der Waals surface area contributed by atoms with Crippen molar-refractivity contribution in [2.45, 2.75) is 64.2 Å². The molecule has 0 spiro atoms. The van der Waals surface area contributed by atoms with Crippen molar-refractivity contribution in [3.05, 3.63) is 29.8 Å². The van der Waals surface area contributed by atoms with E-state index in [0.717, 1.165) is 37.5 Å². The summed E-state index contributed by atoms with van der Waals surface area (Å²) in [5.74, 6) is 1.73. The predicted octanol–water partition coefficient (Wildman–Crippen LogP) is 5.23.